The van der Waals surface area contributed by atoms with Crippen LogP contribution in [0.25, 0.3) is 27.9 Å². The zero-order valence-corrected chi connectivity index (χ0v) is 18.4. The van der Waals surface area contributed by atoms with Crippen LogP contribution >= 0.6 is 11.8 Å². The van der Waals surface area contributed by atoms with E-state index in [-0.39, 0.29) is 11.9 Å². The number of thioether (sulfide) groups is 1. The van der Waals surface area contributed by atoms with E-state index in [0.717, 1.165) is 64.2 Å². The monoisotopic (exact) mass is 444 g/mol. The number of aromatic amines is 1. The zero-order chi connectivity index (χ0) is 21.5. The fourth-order valence-electron chi connectivity index (χ4n) is 4.82. The summed E-state index contributed by atoms with van der Waals surface area (Å²) in [6.45, 7) is 1.96. The molecule has 1 atom stereocenters. The molecule has 162 valence electrons. The standard InChI is InChI=1S/C25H24N4O2S/c30-25(23-14-20-24-18(28-29-20)5-3-7-22(24)32-23)27-19(15-8-10-26-11-9-15)13-17-12-16-4-1-2-6-21(16)31-17/h1-7,12,14-15,19,26H,8-11,13H2,(H,27,30)(H,28,29). The second-order valence-electron chi connectivity index (χ2n) is 8.52. The van der Waals surface area contributed by atoms with Crippen LogP contribution in [0.2, 0.25) is 0 Å². The van der Waals surface area contributed by atoms with E-state index in [1.54, 1.807) is 0 Å². The maximum absolute atomic E-state index is 13.4. The fraction of sp³-hybridized carbons (Fsp3) is 0.280. The first-order chi connectivity index (χ1) is 15.7. The van der Waals surface area contributed by atoms with Gasteiger partial charge in [0.2, 0.25) is 0 Å². The number of aromatic nitrogens is 2. The number of carbonyl (C=O) groups excluding carboxylic acids is 1. The van der Waals surface area contributed by atoms with Crippen LogP contribution in [0.4, 0.5) is 0 Å². The molecule has 0 aliphatic carbocycles. The third-order valence-electron chi connectivity index (χ3n) is 6.46. The Morgan fingerprint density at radius 2 is 2.06 bits per heavy atom. The van der Waals surface area contributed by atoms with Crippen molar-refractivity contribution in [2.45, 2.75) is 30.2 Å². The van der Waals surface area contributed by atoms with Crippen molar-refractivity contribution in [1.82, 2.24) is 20.8 Å². The van der Waals surface area contributed by atoms with Crippen LogP contribution in [-0.2, 0) is 11.2 Å². The summed E-state index contributed by atoms with van der Waals surface area (Å²) in [7, 11) is 0. The Morgan fingerprint density at radius 1 is 1.19 bits per heavy atom. The van der Waals surface area contributed by atoms with E-state index < -0.39 is 0 Å². The normalized spacial score (nSPS) is 17.4. The van der Waals surface area contributed by atoms with Crippen LogP contribution in [0, 0.1) is 5.92 Å². The molecule has 2 aliphatic heterocycles. The SMILES string of the molecule is O=C(NC(Cc1cc2ccccc2o1)C1CCNCC1)C1=Cc2[nH]nc3cccc(c23)S1. The Morgan fingerprint density at radius 3 is 2.94 bits per heavy atom. The van der Waals surface area contributed by atoms with Crippen LogP contribution in [0.3, 0.4) is 0 Å². The van der Waals surface area contributed by atoms with Crippen LogP contribution < -0.4 is 10.6 Å². The summed E-state index contributed by atoms with van der Waals surface area (Å²) in [4.78, 5) is 15.1. The number of H-pyrrole nitrogens is 1. The van der Waals surface area contributed by atoms with E-state index in [0.29, 0.717) is 17.2 Å². The van der Waals surface area contributed by atoms with Gasteiger partial charge in [-0.1, -0.05) is 36.0 Å². The minimum atomic E-state index is -0.0353. The van der Waals surface area contributed by atoms with Gasteiger partial charge in [0.15, 0.2) is 0 Å². The Bertz CT molecular complexity index is 1300. The van der Waals surface area contributed by atoms with Crippen molar-refractivity contribution in [1.29, 1.82) is 0 Å². The molecule has 1 fully saturated rings. The van der Waals surface area contributed by atoms with E-state index in [1.165, 1.54) is 11.8 Å². The van der Waals surface area contributed by atoms with Gasteiger partial charge < -0.3 is 15.1 Å². The number of furan rings is 1. The number of hydrogen-bond donors (Lipinski definition) is 3. The highest BCUT2D eigenvalue weighted by Gasteiger charge is 2.29. The van der Waals surface area contributed by atoms with E-state index in [2.05, 4.69) is 33.0 Å². The highest BCUT2D eigenvalue weighted by Crippen LogP contribution is 2.40. The third kappa shape index (κ3) is 3.61. The molecule has 6 rings (SSSR count). The molecule has 0 bridgehead atoms. The zero-order valence-electron chi connectivity index (χ0n) is 17.6. The molecule has 1 unspecified atom stereocenters. The summed E-state index contributed by atoms with van der Waals surface area (Å²) < 4.78 is 6.09. The number of para-hydroxylation sites is 1. The molecule has 0 radical (unpaired) electrons. The number of nitrogens with one attached hydrogen (secondary N) is 3. The Balaban J connectivity index is 1.26. The van der Waals surface area contributed by atoms with Crippen LogP contribution in [0.1, 0.15) is 24.3 Å². The molecule has 3 N–H and O–H groups in total. The number of nitrogens with zero attached hydrogens (tertiary/aromatic N) is 1. The maximum atomic E-state index is 13.4. The number of hydrogen-bond acceptors (Lipinski definition) is 5. The largest absolute Gasteiger partial charge is 0.461 e. The number of benzene rings is 2. The average Bonchev–Trinajstić information content (AvgIpc) is 3.44. The van der Waals surface area contributed by atoms with Crippen LogP contribution in [0.15, 0.2) is 62.7 Å². The number of piperidine rings is 1. The summed E-state index contributed by atoms with van der Waals surface area (Å²) in [5.74, 6) is 1.29. The van der Waals surface area contributed by atoms with Crippen molar-refractivity contribution in [2.24, 2.45) is 5.92 Å². The molecule has 2 aliphatic rings. The molecular formula is C25H24N4O2S. The minimum Gasteiger partial charge on any atom is -0.461 e. The van der Waals surface area contributed by atoms with Gasteiger partial charge in [-0.2, -0.15) is 5.10 Å². The maximum Gasteiger partial charge on any atom is 0.258 e. The number of fused-ring (bicyclic) bond motifs is 1. The van der Waals surface area contributed by atoms with E-state index >= 15 is 0 Å². The Kier molecular flexibility index (Phi) is 5.00. The van der Waals surface area contributed by atoms with Crippen LogP contribution in [-0.4, -0.2) is 35.2 Å². The Hall–Kier alpha value is -3.03. The van der Waals surface area contributed by atoms with E-state index in [9.17, 15) is 4.79 Å². The molecule has 32 heavy (non-hydrogen) atoms. The molecule has 6 nitrogen and oxygen atoms in total. The lowest BCUT2D eigenvalue weighted by Gasteiger charge is -2.31. The lowest BCUT2D eigenvalue weighted by Crippen LogP contribution is -2.45. The molecule has 1 amide bonds. The van der Waals surface area contributed by atoms with Crippen molar-refractivity contribution in [3.05, 3.63) is 64.9 Å². The lowest BCUT2D eigenvalue weighted by molar-refractivity contribution is -0.117. The number of rotatable bonds is 5. The summed E-state index contributed by atoms with van der Waals surface area (Å²) in [5, 5.41) is 16.4. The predicted molar refractivity (Wildman–Crippen MR) is 127 cm³/mol. The van der Waals surface area contributed by atoms with Gasteiger partial charge in [-0.3, -0.25) is 9.89 Å². The van der Waals surface area contributed by atoms with Crippen molar-refractivity contribution >= 4 is 45.6 Å². The summed E-state index contributed by atoms with van der Waals surface area (Å²) in [6, 6.07) is 16.2. The highest BCUT2D eigenvalue weighted by molar-refractivity contribution is 8.04. The van der Waals surface area contributed by atoms with Gasteiger partial charge in [0.1, 0.15) is 11.3 Å². The second-order valence-corrected chi connectivity index (χ2v) is 9.60. The van der Waals surface area contributed by atoms with Gasteiger partial charge in [-0.05, 0) is 62.2 Å². The fourth-order valence-corrected chi connectivity index (χ4v) is 5.84. The smallest absolute Gasteiger partial charge is 0.258 e. The van der Waals surface area contributed by atoms with Gasteiger partial charge in [-0.15, -0.1) is 0 Å². The number of carbonyl (C=O) groups is 1. The number of amides is 1. The molecule has 2 aromatic heterocycles. The highest BCUT2D eigenvalue weighted by atomic mass is 32.2. The van der Waals surface area contributed by atoms with Gasteiger partial charge in [0.05, 0.1) is 16.1 Å². The minimum absolute atomic E-state index is 0.0191. The molecular weight excluding hydrogens is 420 g/mol. The van der Waals surface area contributed by atoms with Crippen molar-refractivity contribution < 1.29 is 9.21 Å². The lowest BCUT2D eigenvalue weighted by atomic mass is 9.87. The van der Waals surface area contributed by atoms with Crippen LogP contribution in [0.5, 0.6) is 0 Å². The molecule has 7 heteroatoms. The quantitative estimate of drug-likeness (QED) is 0.423. The van der Waals surface area contributed by atoms with Gasteiger partial charge in [0.25, 0.3) is 5.91 Å². The molecule has 4 heterocycles. The first-order valence-electron chi connectivity index (χ1n) is 11.1. The second kappa shape index (κ2) is 8.15. The van der Waals surface area contributed by atoms with Gasteiger partial charge >= 0.3 is 0 Å². The van der Waals surface area contributed by atoms with E-state index in [1.807, 2.05) is 42.5 Å². The predicted octanol–water partition coefficient (Wildman–Crippen LogP) is 4.48. The summed E-state index contributed by atoms with van der Waals surface area (Å²) >= 11 is 1.51. The summed E-state index contributed by atoms with van der Waals surface area (Å²) in [5.41, 5.74) is 2.72. The molecule has 0 saturated carbocycles. The van der Waals surface area contributed by atoms with Gasteiger partial charge in [-0.25, -0.2) is 0 Å². The third-order valence-corrected chi connectivity index (χ3v) is 7.54. The first-order valence-corrected chi connectivity index (χ1v) is 11.9. The summed E-state index contributed by atoms with van der Waals surface area (Å²) in [6.07, 6.45) is 4.69. The van der Waals surface area contributed by atoms with Crippen molar-refractivity contribution in [3.63, 3.8) is 0 Å². The first kappa shape index (κ1) is 19.6. The molecule has 2 aromatic carbocycles. The topological polar surface area (TPSA) is 83.0 Å². The van der Waals surface area contributed by atoms with Crippen molar-refractivity contribution in [3.8, 4) is 0 Å². The molecule has 1 saturated heterocycles. The van der Waals surface area contributed by atoms with Gasteiger partial charge in [0, 0.05) is 28.1 Å². The molecule has 4 aromatic rings. The van der Waals surface area contributed by atoms with Crippen molar-refractivity contribution in [2.75, 3.05) is 13.1 Å². The Labute approximate surface area is 189 Å². The average molecular weight is 445 g/mol. The van der Waals surface area contributed by atoms with E-state index in [4.69, 9.17) is 4.42 Å². The molecule has 0 spiro atoms.